The number of hydrogen-bond acceptors (Lipinski definition) is 5. The summed E-state index contributed by atoms with van der Waals surface area (Å²) in [5.41, 5.74) is 5.22. The standard InChI is InChI=1S/C33H31N5O3/c1-23-8-10-26(11-9-23)31-29(25-12-14-27(34-2)15-13-25)20-30(41-22-24-16-17-35-21-24)32-36-37(33(39)38(31)32)18-19-40-28-6-4-3-5-7-28/h3-15,20,24,35H,16-19,21-22H2,1H3/t24-/m1/s1. The van der Waals surface area contributed by atoms with Crippen LogP contribution < -0.4 is 20.5 Å². The van der Waals surface area contributed by atoms with Gasteiger partial charge in [0.25, 0.3) is 0 Å². The molecule has 0 radical (unpaired) electrons. The number of rotatable bonds is 9. The molecule has 3 aromatic carbocycles. The minimum Gasteiger partial charge on any atom is -0.492 e. The first-order valence-corrected chi connectivity index (χ1v) is 13.8. The highest BCUT2D eigenvalue weighted by molar-refractivity contribution is 5.85. The van der Waals surface area contributed by atoms with Gasteiger partial charge in [0, 0.05) is 18.0 Å². The van der Waals surface area contributed by atoms with Gasteiger partial charge in [0.15, 0.2) is 11.4 Å². The highest BCUT2D eigenvalue weighted by Gasteiger charge is 2.23. The molecule has 0 amide bonds. The number of aryl methyl sites for hydroxylation is 1. The highest BCUT2D eigenvalue weighted by Crippen LogP contribution is 2.37. The normalized spacial score (nSPS) is 14.7. The van der Waals surface area contributed by atoms with E-state index in [1.54, 1.807) is 16.5 Å². The number of pyridine rings is 1. The fourth-order valence-electron chi connectivity index (χ4n) is 5.17. The third-order valence-corrected chi connectivity index (χ3v) is 7.40. The predicted molar refractivity (Wildman–Crippen MR) is 160 cm³/mol. The fraction of sp³-hybridized carbons (Fsp3) is 0.242. The summed E-state index contributed by atoms with van der Waals surface area (Å²) >= 11 is 0. The topological polar surface area (TPSA) is 74.2 Å². The van der Waals surface area contributed by atoms with Crippen LogP contribution in [-0.4, -0.2) is 40.5 Å². The molecule has 1 fully saturated rings. The smallest absolute Gasteiger partial charge is 0.351 e. The Hall–Kier alpha value is -4.87. The third-order valence-electron chi connectivity index (χ3n) is 7.40. The molecule has 1 atom stereocenters. The number of benzene rings is 3. The second-order valence-corrected chi connectivity index (χ2v) is 10.3. The molecule has 3 heterocycles. The number of ether oxygens (including phenoxy) is 2. The summed E-state index contributed by atoms with van der Waals surface area (Å²) in [6.45, 7) is 12.4. The van der Waals surface area contributed by atoms with E-state index < -0.39 is 0 Å². The SMILES string of the molecule is [C-]#[N+]c1ccc(-c2cc(OC[C@@H]3CCNC3)c3nn(CCOc4ccccc4)c(=O)n3c2-c2ccc(C)cc2)cc1. The monoisotopic (exact) mass is 545 g/mol. The number of hydrogen-bond donors (Lipinski definition) is 1. The Bertz CT molecular complexity index is 1740. The number of fused-ring (bicyclic) bond motifs is 1. The molecule has 1 saturated heterocycles. The van der Waals surface area contributed by atoms with Crippen LogP contribution in [0.5, 0.6) is 11.5 Å². The summed E-state index contributed by atoms with van der Waals surface area (Å²) in [6.07, 6.45) is 1.04. The summed E-state index contributed by atoms with van der Waals surface area (Å²) in [7, 11) is 0. The summed E-state index contributed by atoms with van der Waals surface area (Å²) in [5.74, 6) is 1.68. The van der Waals surface area contributed by atoms with Crippen LogP contribution in [0.2, 0.25) is 0 Å². The predicted octanol–water partition coefficient (Wildman–Crippen LogP) is 5.76. The maximum atomic E-state index is 14.0. The molecule has 1 N–H and O–H groups in total. The maximum Gasteiger partial charge on any atom is 0.351 e. The average molecular weight is 546 g/mol. The zero-order chi connectivity index (χ0) is 28.2. The largest absolute Gasteiger partial charge is 0.492 e. The molecule has 8 nitrogen and oxygen atoms in total. The van der Waals surface area contributed by atoms with Gasteiger partial charge < -0.3 is 14.8 Å². The molecule has 0 bridgehead atoms. The first-order chi connectivity index (χ1) is 20.1. The minimum atomic E-state index is -0.265. The first-order valence-electron chi connectivity index (χ1n) is 13.8. The van der Waals surface area contributed by atoms with Gasteiger partial charge in [0.2, 0.25) is 5.65 Å². The summed E-state index contributed by atoms with van der Waals surface area (Å²) in [6, 6.07) is 27.1. The zero-order valence-electron chi connectivity index (χ0n) is 22.9. The number of nitrogens with one attached hydrogen (secondary N) is 1. The summed E-state index contributed by atoms with van der Waals surface area (Å²) in [5, 5.41) is 8.15. The second kappa shape index (κ2) is 11.7. The molecule has 2 aromatic heterocycles. The van der Waals surface area contributed by atoms with Crippen molar-refractivity contribution in [2.24, 2.45) is 5.92 Å². The van der Waals surface area contributed by atoms with Crippen LogP contribution in [0.15, 0.2) is 89.7 Å². The van der Waals surface area contributed by atoms with Crippen LogP contribution in [0.4, 0.5) is 5.69 Å². The van der Waals surface area contributed by atoms with Crippen molar-refractivity contribution in [2.75, 3.05) is 26.3 Å². The van der Waals surface area contributed by atoms with E-state index in [2.05, 4.69) is 10.2 Å². The van der Waals surface area contributed by atoms with Crippen molar-refractivity contribution in [2.45, 2.75) is 19.9 Å². The van der Waals surface area contributed by atoms with Crippen molar-refractivity contribution in [3.63, 3.8) is 0 Å². The molecule has 6 rings (SSSR count). The minimum absolute atomic E-state index is 0.265. The number of nitrogens with zero attached hydrogens (tertiary/aromatic N) is 4. The Morgan fingerprint density at radius 2 is 1.76 bits per heavy atom. The molecular formula is C33H31N5O3. The van der Waals surface area contributed by atoms with Gasteiger partial charge in [-0.1, -0.05) is 72.3 Å². The van der Waals surface area contributed by atoms with Gasteiger partial charge in [-0.3, -0.25) is 0 Å². The van der Waals surface area contributed by atoms with Crippen molar-refractivity contribution in [3.05, 3.63) is 112 Å². The van der Waals surface area contributed by atoms with Gasteiger partial charge in [-0.05, 0) is 49.2 Å². The van der Waals surface area contributed by atoms with Crippen molar-refractivity contribution in [3.8, 4) is 33.9 Å². The van der Waals surface area contributed by atoms with E-state index in [1.165, 1.54) is 4.68 Å². The lowest BCUT2D eigenvalue weighted by Crippen LogP contribution is -2.25. The fourth-order valence-corrected chi connectivity index (χ4v) is 5.17. The van der Waals surface area contributed by atoms with Crippen molar-refractivity contribution < 1.29 is 9.47 Å². The van der Waals surface area contributed by atoms with Crippen molar-refractivity contribution in [1.82, 2.24) is 19.5 Å². The van der Waals surface area contributed by atoms with Gasteiger partial charge in [-0.15, -0.1) is 5.10 Å². The Morgan fingerprint density at radius 3 is 2.46 bits per heavy atom. The van der Waals surface area contributed by atoms with Gasteiger partial charge in [-0.2, -0.15) is 0 Å². The molecule has 8 heteroatoms. The van der Waals surface area contributed by atoms with Gasteiger partial charge >= 0.3 is 5.69 Å². The van der Waals surface area contributed by atoms with E-state index in [9.17, 15) is 4.79 Å². The maximum absolute atomic E-state index is 14.0. The van der Waals surface area contributed by atoms with Gasteiger partial charge in [-0.25, -0.2) is 18.7 Å². The van der Waals surface area contributed by atoms with Crippen molar-refractivity contribution in [1.29, 1.82) is 0 Å². The Morgan fingerprint density at radius 1 is 1.00 bits per heavy atom. The molecule has 0 saturated carbocycles. The van der Waals surface area contributed by atoms with E-state index in [1.807, 2.05) is 79.7 Å². The van der Waals surface area contributed by atoms with Gasteiger partial charge in [0.05, 0.1) is 25.4 Å². The van der Waals surface area contributed by atoms with Crippen LogP contribution in [-0.2, 0) is 6.54 Å². The van der Waals surface area contributed by atoms with E-state index in [-0.39, 0.29) is 12.2 Å². The van der Waals surface area contributed by atoms with E-state index in [4.69, 9.17) is 21.1 Å². The van der Waals surface area contributed by atoms with Crippen LogP contribution in [0.25, 0.3) is 32.9 Å². The third kappa shape index (κ3) is 5.58. The van der Waals surface area contributed by atoms with E-state index in [0.717, 1.165) is 53.2 Å². The Labute approximate surface area is 238 Å². The quantitative estimate of drug-likeness (QED) is 0.239. The number of para-hydroxylation sites is 1. The molecular weight excluding hydrogens is 514 g/mol. The average Bonchev–Trinajstić information content (AvgIpc) is 3.65. The first kappa shape index (κ1) is 26.4. The highest BCUT2D eigenvalue weighted by atomic mass is 16.5. The van der Waals surface area contributed by atoms with E-state index in [0.29, 0.717) is 36.2 Å². The molecule has 0 aliphatic carbocycles. The molecule has 206 valence electrons. The zero-order valence-corrected chi connectivity index (χ0v) is 22.9. The molecule has 1 aliphatic rings. The second-order valence-electron chi connectivity index (χ2n) is 10.3. The lowest BCUT2D eigenvalue weighted by Gasteiger charge is -2.17. The van der Waals surface area contributed by atoms with Crippen LogP contribution >= 0.6 is 0 Å². The molecule has 0 unspecified atom stereocenters. The molecule has 1 aliphatic heterocycles. The van der Waals surface area contributed by atoms with Crippen LogP contribution in [0.3, 0.4) is 0 Å². The Kier molecular flexibility index (Phi) is 7.52. The lowest BCUT2D eigenvalue weighted by molar-refractivity contribution is 0.261. The summed E-state index contributed by atoms with van der Waals surface area (Å²) < 4.78 is 15.4. The Balaban J connectivity index is 1.49. The molecule has 41 heavy (non-hydrogen) atoms. The lowest BCUT2D eigenvalue weighted by atomic mass is 9.98. The van der Waals surface area contributed by atoms with Gasteiger partial charge in [0.1, 0.15) is 12.4 Å². The van der Waals surface area contributed by atoms with E-state index >= 15 is 0 Å². The molecule has 5 aromatic rings. The molecule has 0 spiro atoms. The van der Waals surface area contributed by atoms with Crippen LogP contribution in [0, 0.1) is 19.4 Å². The van der Waals surface area contributed by atoms with Crippen LogP contribution in [0.1, 0.15) is 12.0 Å². The number of aromatic nitrogens is 3. The summed E-state index contributed by atoms with van der Waals surface area (Å²) in [4.78, 5) is 17.6. The van der Waals surface area contributed by atoms with Crippen molar-refractivity contribution >= 4 is 11.3 Å².